The van der Waals surface area contributed by atoms with Crippen molar-refractivity contribution in [2.75, 3.05) is 11.9 Å². The zero-order valence-corrected chi connectivity index (χ0v) is 21.6. The normalized spacial score (nSPS) is 16.9. The smallest absolute Gasteiger partial charge is 0.410 e. The Bertz CT molecular complexity index is 1530. The SMILES string of the molecule is CN(C(=O)Oc1ccc2c(c1)C(=O)N(C1CCC(=O)NC1=O)C2)c1ccnc(Sc2cccnc2C(F)(F)F)c1. The van der Waals surface area contributed by atoms with E-state index in [2.05, 4.69) is 15.3 Å². The number of alkyl halides is 3. The van der Waals surface area contributed by atoms with Gasteiger partial charge in [-0.3, -0.25) is 29.6 Å². The van der Waals surface area contributed by atoms with Crippen LogP contribution in [0.5, 0.6) is 5.75 Å². The van der Waals surface area contributed by atoms with Gasteiger partial charge in [0.05, 0.1) is 5.69 Å². The molecule has 1 N–H and O–H groups in total. The number of imide groups is 1. The minimum atomic E-state index is -4.64. The van der Waals surface area contributed by atoms with Crippen LogP contribution >= 0.6 is 11.8 Å². The number of hydrogen-bond donors (Lipinski definition) is 1. The van der Waals surface area contributed by atoms with E-state index < -0.39 is 35.8 Å². The minimum Gasteiger partial charge on any atom is -0.410 e. The molecule has 1 atom stereocenters. The van der Waals surface area contributed by atoms with Gasteiger partial charge in [0.25, 0.3) is 5.91 Å². The molecule has 1 fully saturated rings. The molecule has 5 rings (SSSR count). The Morgan fingerprint density at radius 1 is 1.12 bits per heavy atom. The third-order valence-corrected chi connectivity index (χ3v) is 7.32. The summed E-state index contributed by atoms with van der Waals surface area (Å²) in [6, 6.07) is 9.36. The predicted molar refractivity (Wildman–Crippen MR) is 135 cm³/mol. The Balaban J connectivity index is 1.28. The Hall–Kier alpha value is -4.46. The van der Waals surface area contributed by atoms with Crippen molar-refractivity contribution in [3.05, 3.63) is 71.7 Å². The highest BCUT2D eigenvalue weighted by Crippen LogP contribution is 2.38. The van der Waals surface area contributed by atoms with Crippen LogP contribution in [0.15, 0.2) is 64.8 Å². The molecule has 40 heavy (non-hydrogen) atoms. The molecule has 0 bridgehead atoms. The van der Waals surface area contributed by atoms with Crippen LogP contribution in [0.4, 0.5) is 23.7 Å². The van der Waals surface area contributed by atoms with E-state index in [-0.39, 0.29) is 46.5 Å². The average molecular weight is 572 g/mol. The number of ether oxygens (including phenoxy) is 1. The van der Waals surface area contributed by atoms with Gasteiger partial charge in [0.15, 0.2) is 5.69 Å². The second-order valence-electron chi connectivity index (χ2n) is 8.95. The van der Waals surface area contributed by atoms with Gasteiger partial charge in [-0.15, -0.1) is 0 Å². The molecule has 0 radical (unpaired) electrons. The van der Waals surface area contributed by atoms with E-state index in [0.29, 0.717) is 11.3 Å². The number of carbonyl (C=O) groups excluding carboxylic acids is 4. The number of benzene rings is 1. The third-order valence-electron chi connectivity index (χ3n) is 6.34. The van der Waals surface area contributed by atoms with Gasteiger partial charge in [0.1, 0.15) is 16.8 Å². The maximum atomic E-state index is 13.3. The molecule has 0 aliphatic carbocycles. The predicted octanol–water partition coefficient (Wildman–Crippen LogP) is 4.04. The summed E-state index contributed by atoms with van der Waals surface area (Å²) in [6.07, 6.45) is -2.69. The van der Waals surface area contributed by atoms with E-state index in [1.54, 1.807) is 6.07 Å². The summed E-state index contributed by atoms with van der Waals surface area (Å²) < 4.78 is 45.4. The summed E-state index contributed by atoms with van der Waals surface area (Å²) in [5.74, 6) is -1.24. The monoisotopic (exact) mass is 571 g/mol. The molecular weight excluding hydrogens is 551 g/mol. The number of rotatable bonds is 5. The summed E-state index contributed by atoms with van der Waals surface area (Å²) in [5, 5.41) is 2.44. The van der Waals surface area contributed by atoms with Gasteiger partial charge in [-0.2, -0.15) is 13.2 Å². The van der Waals surface area contributed by atoms with Crippen molar-refractivity contribution in [2.45, 2.75) is 41.5 Å². The molecule has 1 aromatic carbocycles. The zero-order valence-electron chi connectivity index (χ0n) is 20.8. The number of nitrogens with one attached hydrogen (secondary N) is 1. The van der Waals surface area contributed by atoms with Crippen LogP contribution in [0.2, 0.25) is 0 Å². The lowest BCUT2D eigenvalue weighted by Crippen LogP contribution is -2.52. The molecule has 206 valence electrons. The molecule has 14 heteroatoms. The first kappa shape index (κ1) is 27.1. The van der Waals surface area contributed by atoms with Gasteiger partial charge in [-0.25, -0.2) is 9.78 Å². The van der Waals surface area contributed by atoms with Crippen molar-refractivity contribution in [1.29, 1.82) is 0 Å². The third kappa shape index (κ3) is 5.47. The summed E-state index contributed by atoms with van der Waals surface area (Å²) in [7, 11) is 1.42. The molecule has 1 saturated heterocycles. The maximum Gasteiger partial charge on any atom is 0.434 e. The second kappa shape index (κ2) is 10.6. The van der Waals surface area contributed by atoms with Crippen molar-refractivity contribution in [1.82, 2.24) is 20.2 Å². The zero-order chi connectivity index (χ0) is 28.6. The molecule has 4 heterocycles. The van der Waals surface area contributed by atoms with Crippen molar-refractivity contribution in [3.63, 3.8) is 0 Å². The Morgan fingerprint density at radius 3 is 2.67 bits per heavy atom. The number of hydrogen-bond acceptors (Lipinski definition) is 8. The van der Waals surface area contributed by atoms with Crippen LogP contribution in [-0.4, -0.2) is 51.8 Å². The lowest BCUT2D eigenvalue weighted by Gasteiger charge is -2.29. The topological polar surface area (TPSA) is 122 Å². The summed E-state index contributed by atoms with van der Waals surface area (Å²) in [4.78, 5) is 59.5. The number of fused-ring (bicyclic) bond motifs is 1. The minimum absolute atomic E-state index is 0.0860. The molecule has 4 amide bonds. The van der Waals surface area contributed by atoms with Crippen molar-refractivity contribution in [3.8, 4) is 5.75 Å². The number of piperidine rings is 1. The van der Waals surface area contributed by atoms with Crippen LogP contribution in [-0.2, 0) is 22.3 Å². The Labute approximate surface area is 229 Å². The molecule has 0 saturated carbocycles. The van der Waals surface area contributed by atoms with Gasteiger partial charge in [0, 0.05) is 42.9 Å². The van der Waals surface area contributed by atoms with Crippen LogP contribution in [0.25, 0.3) is 0 Å². The summed E-state index contributed by atoms with van der Waals surface area (Å²) in [6.45, 7) is 0.180. The molecule has 1 unspecified atom stereocenters. The molecule has 2 aromatic heterocycles. The van der Waals surface area contributed by atoms with E-state index in [4.69, 9.17) is 4.74 Å². The van der Waals surface area contributed by atoms with Crippen LogP contribution in [0.3, 0.4) is 0 Å². The van der Waals surface area contributed by atoms with E-state index in [1.807, 2.05) is 0 Å². The highest BCUT2D eigenvalue weighted by Gasteiger charge is 2.39. The first-order valence-electron chi connectivity index (χ1n) is 11.9. The van der Waals surface area contributed by atoms with Crippen LogP contribution < -0.4 is 15.0 Å². The maximum absolute atomic E-state index is 13.3. The van der Waals surface area contributed by atoms with Gasteiger partial charge >= 0.3 is 12.3 Å². The number of halogens is 3. The van der Waals surface area contributed by atoms with Gasteiger partial charge in [-0.05, 0) is 48.4 Å². The van der Waals surface area contributed by atoms with Crippen molar-refractivity contribution in [2.24, 2.45) is 0 Å². The first-order chi connectivity index (χ1) is 19.0. The first-order valence-corrected chi connectivity index (χ1v) is 12.7. The molecule has 10 nitrogen and oxygen atoms in total. The lowest BCUT2D eigenvalue weighted by atomic mass is 10.0. The fourth-order valence-corrected chi connectivity index (χ4v) is 5.26. The molecule has 0 spiro atoms. The van der Waals surface area contributed by atoms with Crippen molar-refractivity contribution < 1.29 is 37.1 Å². The van der Waals surface area contributed by atoms with Gasteiger partial charge in [0.2, 0.25) is 11.8 Å². The number of anilines is 1. The van der Waals surface area contributed by atoms with E-state index in [0.717, 1.165) is 22.9 Å². The van der Waals surface area contributed by atoms with Gasteiger partial charge < -0.3 is 9.64 Å². The second-order valence-corrected chi connectivity index (χ2v) is 10.0. The highest BCUT2D eigenvalue weighted by atomic mass is 32.2. The Kier molecular flexibility index (Phi) is 7.19. The summed E-state index contributed by atoms with van der Waals surface area (Å²) >= 11 is 0.753. The standard InChI is InChI=1S/C26H20F3N5O5S/c1-33(15-8-10-30-21(11-15)40-19-3-2-9-31-22(19)26(27,28)29)25(38)39-16-5-4-14-13-34(24(37)17(14)12-16)18-6-7-20(35)32-23(18)36/h2-5,8-12,18H,6-7,13H2,1H3,(H,32,35,36). The number of carbonyl (C=O) groups is 4. The van der Waals surface area contributed by atoms with E-state index in [9.17, 15) is 32.3 Å². The number of nitrogens with zero attached hydrogens (tertiary/aromatic N) is 4. The molecular formula is C26H20F3N5O5S. The van der Waals surface area contributed by atoms with E-state index >= 15 is 0 Å². The summed E-state index contributed by atoms with van der Waals surface area (Å²) in [5.41, 5.74) is 0.188. The largest absolute Gasteiger partial charge is 0.434 e. The number of aromatic nitrogens is 2. The molecule has 3 aromatic rings. The quantitative estimate of drug-likeness (QED) is 0.456. The lowest BCUT2D eigenvalue weighted by molar-refractivity contribution is -0.143. The average Bonchev–Trinajstić information content (AvgIpc) is 3.23. The van der Waals surface area contributed by atoms with E-state index in [1.165, 1.54) is 54.5 Å². The fraction of sp³-hybridized carbons (Fsp3) is 0.231. The van der Waals surface area contributed by atoms with Crippen LogP contribution in [0.1, 0.15) is 34.5 Å². The van der Waals surface area contributed by atoms with Crippen molar-refractivity contribution >= 4 is 41.3 Å². The Morgan fingerprint density at radius 2 is 1.93 bits per heavy atom. The fourth-order valence-electron chi connectivity index (χ4n) is 4.33. The number of amides is 4. The van der Waals surface area contributed by atoms with Gasteiger partial charge in [-0.1, -0.05) is 17.8 Å². The highest BCUT2D eigenvalue weighted by molar-refractivity contribution is 7.99. The molecule has 2 aliphatic heterocycles. The van der Waals surface area contributed by atoms with Crippen LogP contribution in [0, 0.1) is 0 Å². The number of pyridine rings is 2. The molecule has 2 aliphatic rings.